The van der Waals surface area contributed by atoms with Crippen LogP contribution in [-0.2, 0) is 13.1 Å². The Morgan fingerprint density at radius 1 is 1.31 bits per heavy atom. The van der Waals surface area contributed by atoms with Crippen molar-refractivity contribution in [1.82, 2.24) is 9.88 Å². The van der Waals surface area contributed by atoms with Gasteiger partial charge >= 0.3 is 6.09 Å². The van der Waals surface area contributed by atoms with Crippen LogP contribution in [0.15, 0.2) is 23.0 Å². The van der Waals surface area contributed by atoms with E-state index < -0.39 is 6.09 Å². The molecular formula is C19H26N2O5. The highest BCUT2D eigenvalue weighted by Gasteiger charge is 2.19. The minimum absolute atomic E-state index is 0.0241. The molecule has 1 aromatic carbocycles. The summed E-state index contributed by atoms with van der Waals surface area (Å²) in [6.45, 7) is 6.85. The summed E-state index contributed by atoms with van der Waals surface area (Å²) in [5.74, 6) is 0.656. The predicted octanol–water partition coefficient (Wildman–Crippen LogP) is 3.31. The number of hydrogen-bond donors (Lipinski definition) is 3. The van der Waals surface area contributed by atoms with Gasteiger partial charge < -0.3 is 24.8 Å². The number of nitrogens with zero attached hydrogens (tertiary/aromatic N) is 1. The standard InChI is InChI=1S/C19H26N2O5/c1-4-5-8-26-17-15-9-13(22)6-7-14(15)18(23)21(11-12(2)3)16(17)10-20-19(24)25/h6-7,9,12,20,22H,4-5,8,10-11H2,1-3H3,(H,24,25). The zero-order chi connectivity index (χ0) is 19.3. The molecule has 0 aliphatic carbocycles. The summed E-state index contributed by atoms with van der Waals surface area (Å²) in [7, 11) is 0. The first-order valence-electron chi connectivity index (χ1n) is 8.83. The Morgan fingerprint density at radius 2 is 2.04 bits per heavy atom. The maximum absolute atomic E-state index is 13.0. The van der Waals surface area contributed by atoms with Gasteiger partial charge in [-0.2, -0.15) is 0 Å². The lowest BCUT2D eigenvalue weighted by Gasteiger charge is -2.21. The largest absolute Gasteiger partial charge is 0.508 e. The fraction of sp³-hybridized carbons (Fsp3) is 0.474. The van der Waals surface area contributed by atoms with Crippen molar-refractivity contribution >= 4 is 16.9 Å². The van der Waals surface area contributed by atoms with Gasteiger partial charge in [0, 0.05) is 11.9 Å². The van der Waals surface area contributed by atoms with Crippen LogP contribution >= 0.6 is 0 Å². The number of benzene rings is 1. The number of unbranched alkanes of at least 4 members (excludes halogenated alkanes) is 1. The Balaban J connectivity index is 2.72. The topological polar surface area (TPSA) is 101 Å². The summed E-state index contributed by atoms with van der Waals surface area (Å²) in [6.07, 6.45) is 0.594. The first-order valence-corrected chi connectivity index (χ1v) is 8.83. The number of nitrogens with one attached hydrogen (secondary N) is 1. The quantitative estimate of drug-likeness (QED) is 0.626. The number of rotatable bonds is 8. The van der Waals surface area contributed by atoms with Crippen molar-refractivity contribution in [2.24, 2.45) is 5.92 Å². The lowest BCUT2D eigenvalue weighted by molar-refractivity contribution is 0.193. The van der Waals surface area contributed by atoms with Gasteiger partial charge in [0.05, 0.1) is 24.2 Å². The first-order chi connectivity index (χ1) is 12.3. The lowest BCUT2D eigenvalue weighted by Crippen LogP contribution is -2.31. The number of carboxylic acid groups (broad SMARTS) is 1. The van der Waals surface area contributed by atoms with E-state index in [1.54, 1.807) is 10.6 Å². The van der Waals surface area contributed by atoms with Crippen LogP contribution in [0.5, 0.6) is 11.5 Å². The van der Waals surface area contributed by atoms with Gasteiger partial charge in [0.15, 0.2) is 0 Å². The Morgan fingerprint density at radius 3 is 2.65 bits per heavy atom. The van der Waals surface area contributed by atoms with E-state index >= 15 is 0 Å². The van der Waals surface area contributed by atoms with Crippen LogP contribution < -0.4 is 15.6 Å². The van der Waals surface area contributed by atoms with Gasteiger partial charge in [0.1, 0.15) is 11.5 Å². The molecule has 0 bridgehead atoms. The average Bonchev–Trinajstić information content (AvgIpc) is 2.57. The Bertz CT molecular complexity index is 842. The monoisotopic (exact) mass is 362 g/mol. The molecule has 2 rings (SSSR count). The Hall–Kier alpha value is -2.70. The summed E-state index contributed by atoms with van der Waals surface area (Å²) in [5, 5.41) is 22.1. The molecule has 0 radical (unpaired) electrons. The molecule has 142 valence electrons. The Labute approximate surface area is 152 Å². The zero-order valence-electron chi connectivity index (χ0n) is 15.4. The van der Waals surface area contributed by atoms with Crippen molar-refractivity contribution in [2.75, 3.05) is 6.61 Å². The van der Waals surface area contributed by atoms with E-state index in [2.05, 4.69) is 5.32 Å². The van der Waals surface area contributed by atoms with Gasteiger partial charge in [0.25, 0.3) is 5.56 Å². The van der Waals surface area contributed by atoms with Gasteiger partial charge in [-0.15, -0.1) is 0 Å². The minimum Gasteiger partial charge on any atom is -0.508 e. The van der Waals surface area contributed by atoms with Crippen molar-refractivity contribution in [1.29, 1.82) is 0 Å². The molecule has 2 aromatic rings. The van der Waals surface area contributed by atoms with Crippen molar-refractivity contribution in [3.05, 3.63) is 34.2 Å². The second-order valence-electron chi connectivity index (χ2n) is 6.68. The maximum atomic E-state index is 13.0. The van der Waals surface area contributed by atoms with Crippen LogP contribution in [0.2, 0.25) is 0 Å². The van der Waals surface area contributed by atoms with E-state index in [0.717, 1.165) is 12.8 Å². The number of amides is 1. The van der Waals surface area contributed by atoms with Crippen LogP contribution in [-0.4, -0.2) is 27.5 Å². The van der Waals surface area contributed by atoms with Crippen LogP contribution in [0.1, 0.15) is 39.3 Å². The van der Waals surface area contributed by atoms with Gasteiger partial charge in [-0.3, -0.25) is 4.79 Å². The van der Waals surface area contributed by atoms with Gasteiger partial charge in [0.2, 0.25) is 0 Å². The first kappa shape index (κ1) is 19.6. The molecule has 0 atom stereocenters. The molecule has 0 unspecified atom stereocenters. The van der Waals surface area contributed by atoms with E-state index in [0.29, 0.717) is 35.4 Å². The third-order valence-corrected chi connectivity index (χ3v) is 4.01. The number of pyridine rings is 1. The smallest absolute Gasteiger partial charge is 0.404 e. The van der Waals surface area contributed by atoms with Crippen molar-refractivity contribution in [3.8, 4) is 11.5 Å². The molecule has 0 aliphatic heterocycles. The summed E-state index contributed by atoms with van der Waals surface area (Å²) in [4.78, 5) is 24.0. The molecule has 0 saturated carbocycles. The number of carbonyl (C=O) groups is 1. The number of phenolic OH excluding ortho intramolecular Hbond substituents is 1. The van der Waals surface area contributed by atoms with Crippen LogP contribution in [0.25, 0.3) is 10.8 Å². The molecule has 7 nitrogen and oxygen atoms in total. The molecule has 0 fully saturated rings. The number of fused-ring (bicyclic) bond motifs is 1. The van der Waals surface area contributed by atoms with Gasteiger partial charge in [-0.05, 0) is 30.5 Å². The molecule has 3 N–H and O–H groups in total. The van der Waals surface area contributed by atoms with E-state index in [-0.39, 0.29) is 23.8 Å². The molecule has 1 aromatic heterocycles. The van der Waals surface area contributed by atoms with Crippen LogP contribution in [0.3, 0.4) is 0 Å². The molecule has 7 heteroatoms. The summed E-state index contributed by atoms with van der Waals surface area (Å²) >= 11 is 0. The van der Waals surface area contributed by atoms with Crippen LogP contribution in [0, 0.1) is 5.92 Å². The molecule has 1 amide bonds. The third-order valence-electron chi connectivity index (χ3n) is 4.01. The predicted molar refractivity (Wildman–Crippen MR) is 100.0 cm³/mol. The highest BCUT2D eigenvalue weighted by molar-refractivity contribution is 5.89. The number of phenols is 1. The molecule has 0 spiro atoms. The normalized spacial score (nSPS) is 11.1. The van der Waals surface area contributed by atoms with Gasteiger partial charge in [-0.25, -0.2) is 4.79 Å². The van der Waals surface area contributed by atoms with E-state index in [1.165, 1.54) is 12.1 Å². The summed E-state index contributed by atoms with van der Waals surface area (Å²) in [6, 6.07) is 4.53. The van der Waals surface area contributed by atoms with Crippen molar-refractivity contribution in [3.63, 3.8) is 0 Å². The molecule has 26 heavy (non-hydrogen) atoms. The van der Waals surface area contributed by atoms with Crippen molar-refractivity contribution in [2.45, 2.75) is 46.7 Å². The lowest BCUT2D eigenvalue weighted by atomic mass is 10.1. The average molecular weight is 362 g/mol. The van der Waals surface area contributed by atoms with E-state index in [1.807, 2.05) is 20.8 Å². The minimum atomic E-state index is -1.18. The fourth-order valence-corrected chi connectivity index (χ4v) is 2.83. The highest BCUT2D eigenvalue weighted by atomic mass is 16.5. The summed E-state index contributed by atoms with van der Waals surface area (Å²) < 4.78 is 7.52. The van der Waals surface area contributed by atoms with Gasteiger partial charge in [-0.1, -0.05) is 27.2 Å². The molecule has 0 aliphatic rings. The number of aromatic nitrogens is 1. The number of ether oxygens (including phenoxy) is 1. The third kappa shape index (κ3) is 4.47. The molecule has 1 heterocycles. The molecular weight excluding hydrogens is 336 g/mol. The Kier molecular flexibility index (Phi) is 6.49. The number of hydrogen-bond acceptors (Lipinski definition) is 4. The molecule has 0 saturated heterocycles. The summed E-state index contributed by atoms with van der Waals surface area (Å²) in [5.41, 5.74) is 0.249. The SMILES string of the molecule is CCCCOc1c(CNC(=O)O)n(CC(C)C)c(=O)c2ccc(O)cc12. The van der Waals surface area contributed by atoms with Crippen LogP contribution in [0.4, 0.5) is 4.79 Å². The van der Waals surface area contributed by atoms with E-state index in [9.17, 15) is 14.7 Å². The zero-order valence-corrected chi connectivity index (χ0v) is 15.4. The number of aromatic hydroxyl groups is 1. The maximum Gasteiger partial charge on any atom is 0.404 e. The highest BCUT2D eigenvalue weighted by Crippen LogP contribution is 2.31. The second-order valence-corrected chi connectivity index (χ2v) is 6.68. The second kappa shape index (κ2) is 8.60. The van der Waals surface area contributed by atoms with Crippen molar-refractivity contribution < 1.29 is 19.7 Å². The fourth-order valence-electron chi connectivity index (χ4n) is 2.83. The van der Waals surface area contributed by atoms with E-state index in [4.69, 9.17) is 9.84 Å².